The summed E-state index contributed by atoms with van der Waals surface area (Å²) >= 11 is 0. The van der Waals surface area contributed by atoms with Gasteiger partial charge in [0.05, 0.1) is 42.5 Å². The molecule has 0 saturated carbocycles. The molecule has 1 aliphatic rings. The Morgan fingerprint density at radius 3 is 0.935 bits per heavy atom. The fraction of sp³-hybridized carbons (Fsp3) is 0.556. The lowest BCUT2D eigenvalue weighted by Crippen LogP contribution is -2.54. The molecule has 0 radical (unpaired) electrons. The van der Waals surface area contributed by atoms with Crippen LogP contribution in [0.2, 0.25) is 0 Å². The summed E-state index contributed by atoms with van der Waals surface area (Å²) in [4.78, 5) is 0. The minimum Gasteiger partial charge on any atom is -0.497 e. The smallest absolute Gasteiger partial charge is 0.167 e. The molecule has 0 aliphatic carbocycles. The highest BCUT2D eigenvalue weighted by atomic mass is 16.8. The number of likely N-dealkylation sites (N-methyl/N-ethyl adjacent to an activating group) is 2. The Hall–Kier alpha value is -4.08. The normalized spacial score (nSPS) is 16.3. The van der Waals surface area contributed by atoms with Crippen molar-refractivity contribution in [3.8, 4) is 23.0 Å². The Kier molecular flexibility index (Phi) is 19.5. The number of quaternary nitrogens is 2. The average molecular weight is 853 g/mol. The maximum absolute atomic E-state index is 7.29. The standard InChI is InChI=1S/C54H80N2O6/c1-9-10-11-12-13-14-15-16-17-18-19-20-37-54(2)61-52(42-55(3,38-44-21-29-48(57-5)30-22-44)39-45-23-31-49(58-6)32-24-45)53(62-54)43-56(4,40-46-25-33-50(59-7)34-26-46)41-47-27-35-51(60-8)36-28-47/h21-36,52-53H,9-20,37-43H2,1-8H3/q+2/t52-,53-/m0/s1. The van der Waals surface area contributed by atoms with Gasteiger partial charge in [-0.1, -0.05) is 77.6 Å². The first-order valence-electron chi connectivity index (χ1n) is 23.5. The highest BCUT2D eigenvalue weighted by molar-refractivity contribution is 5.29. The van der Waals surface area contributed by atoms with Gasteiger partial charge in [-0.25, -0.2) is 0 Å². The van der Waals surface area contributed by atoms with E-state index in [1.807, 2.05) is 0 Å². The highest BCUT2D eigenvalue weighted by Crippen LogP contribution is 2.37. The lowest BCUT2D eigenvalue weighted by molar-refractivity contribution is -0.944. The summed E-state index contributed by atoms with van der Waals surface area (Å²) in [6.45, 7) is 9.42. The number of rotatable bonds is 29. The van der Waals surface area contributed by atoms with E-state index in [4.69, 9.17) is 28.4 Å². The third kappa shape index (κ3) is 15.9. The molecule has 0 N–H and O–H groups in total. The molecule has 2 atom stereocenters. The molecule has 8 nitrogen and oxygen atoms in total. The van der Waals surface area contributed by atoms with Gasteiger partial charge in [-0.3, -0.25) is 0 Å². The van der Waals surface area contributed by atoms with Crippen molar-refractivity contribution in [2.45, 2.75) is 141 Å². The molecule has 1 aliphatic heterocycles. The van der Waals surface area contributed by atoms with E-state index in [0.29, 0.717) is 0 Å². The van der Waals surface area contributed by atoms with Gasteiger partial charge < -0.3 is 37.4 Å². The van der Waals surface area contributed by atoms with E-state index in [9.17, 15) is 0 Å². The molecule has 0 aromatic heterocycles. The van der Waals surface area contributed by atoms with E-state index in [1.54, 1.807) is 28.4 Å². The number of ether oxygens (including phenoxy) is 6. The summed E-state index contributed by atoms with van der Waals surface area (Å²) in [7, 11) is 11.6. The quantitative estimate of drug-likeness (QED) is 0.0401. The van der Waals surface area contributed by atoms with Gasteiger partial charge in [-0.15, -0.1) is 0 Å². The molecule has 4 aromatic carbocycles. The van der Waals surface area contributed by atoms with Crippen LogP contribution in [-0.4, -0.2) is 82.6 Å². The number of nitrogens with zero attached hydrogens (tertiary/aromatic N) is 2. The molecule has 4 aromatic rings. The van der Waals surface area contributed by atoms with Gasteiger partial charge in [0, 0.05) is 28.7 Å². The molecule has 0 bridgehead atoms. The molecular formula is C54H80N2O6+2. The Morgan fingerprint density at radius 1 is 0.419 bits per heavy atom. The molecule has 0 unspecified atom stereocenters. The van der Waals surface area contributed by atoms with Crippen LogP contribution in [0.3, 0.4) is 0 Å². The van der Waals surface area contributed by atoms with Crippen molar-refractivity contribution in [3.05, 3.63) is 119 Å². The van der Waals surface area contributed by atoms with Crippen LogP contribution in [0.25, 0.3) is 0 Å². The Balaban J connectivity index is 1.38. The van der Waals surface area contributed by atoms with Crippen molar-refractivity contribution in [2.24, 2.45) is 0 Å². The lowest BCUT2D eigenvalue weighted by Gasteiger charge is -2.40. The third-order valence-corrected chi connectivity index (χ3v) is 12.8. The van der Waals surface area contributed by atoms with E-state index in [1.165, 1.54) is 92.9 Å². The van der Waals surface area contributed by atoms with Crippen LogP contribution < -0.4 is 18.9 Å². The van der Waals surface area contributed by atoms with E-state index in [2.05, 4.69) is 125 Å². The first-order chi connectivity index (χ1) is 30.0. The second-order valence-electron chi connectivity index (χ2n) is 18.7. The molecule has 1 fully saturated rings. The van der Waals surface area contributed by atoms with Crippen molar-refractivity contribution >= 4 is 0 Å². The SMILES string of the molecule is CCCCCCCCCCCCCCC1(C)O[C@@H](C[N+](C)(Cc2ccc(OC)cc2)Cc2ccc(OC)cc2)[C@H](C[N+](C)(Cc2ccc(OC)cc2)Cc2ccc(OC)cc2)O1. The van der Waals surface area contributed by atoms with Gasteiger partial charge in [0.25, 0.3) is 0 Å². The van der Waals surface area contributed by atoms with Crippen molar-refractivity contribution in [2.75, 3.05) is 55.6 Å². The average Bonchev–Trinajstić information content (AvgIpc) is 3.57. The van der Waals surface area contributed by atoms with Gasteiger partial charge in [0.1, 0.15) is 74.5 Å². The molecule has 1 heterocycles. The molecule has 0 amide bonds. The summed E-state index contributed by atoms with van der Waals surface area (Å²) in [5.74, 6) is 2.80. The van der Waals surface area contributed by atoms with Crippen molar-refractivity contribution < 1.29 is 37.4 Å². The molecular weight excluding hydrogens is 773 g/mol. The molecule has 0 spiro atoms. The minimum absolute atomic E-state index is 0.122. The van der Waals surface area contributed by atoms with Crippen LogP contribution >= 0.6 is 0 Å². The zero-order valence-corrected chi connectivity index (χ0v) is 39.7. The Bertz CT molecular complexity index is 1610. The molecule has 62 heavy (non-hydrogen) atoms. The fourth-order valence-electron chi connectivity index (χ4n) is 9.46. The van der Waals surface area contributed by atoms with Crippen LogP contribution in [0.15, 0.2) is 97.1 Å². The van der Waals surface area contributed by atoms with Gasteiger partial charge >= 0.3 is 0 Å². The van der Waals surface area contributed by atoms with E-state index in [0.717, 1.165) is 84.1 Å². The maximum Gasteiger partial charge on any atom is 0.167 e. The predicted octanol–water partition coefficient (Wildman–Crippen LogP) is 12.3. The third-order valence-electron chi connectivity index (χ3n) is 12.8. The molecule has 5 rings (SSSR count). The number of methoxy groups -OCH3 is 4. The minimum atomic E-state index is -0.663. The van der Waals surface area contributed by atoms with Crippen molar-refractivity contribution in [1.82, 2.24) is 0 Å². The highest BCUT2D eigenvalue weighted by Gasteiger charge is 2.50. The van der Waals surface area contributed by atoms with Gasteiger partial charge in [-0.05, 0) is 110 Å². The maximum atomic E-state index is 7.29. The summed E-state index contributed by atoms with van der Waals surface area (Å²) in [6.07, 6.45) is 16.5. The van der Waals surface area contributed by atoms with Crippen LogP contribution in [0.5, 0.6) is 23.0 Å². The second-order valence-corrected chi connectivity index (χ2v) is 18.7. The monoisotopic (exact) mass is 853 g/mol. The van der Waals surface area contributed by atoms with E-state index >= 15 is 0 Å². The molecule has 8 heteroatoms. The van der Waals surface area contributed by atoms with Gasteiger partial charge in [0.2, 0.25) is 0 Å². The fourth-order valence-corrected chi connectivity index (χ4v) is 9.46. The number of hydrogen-bond acceptors (Lipinski definition) is 6. The Labute approximate surface area is 375 Å². The topological polar surface area (TPSA) is 55.4 Å². The molecule has 1 saturated heterocycles. The Morgan fingerprint density at radius 2 is 0.677 bits per heavy atom. The number of benzene rings is 4. The summed E-state index contributed by atoms with van der Waals surface area (Å²) in [5.41, 5.74) is 5.04. The zero-order valence-electron chi connectivity index (χ0n) is 39.7. The van der Waals surface area contributed by atoms with Crippen LogP contribution in [0.4, 0.5) is 0 Å². The van der Waals surface area contributed by atoms with Gasteiger partial charge in [-0.2, -0.15) is 0 Å². The van der Waals surface area contributed by atoms with Crippen LogP contribution in [0.1, 0.15) is 120 Å². The summed E-state index contributed by atoms with van der Waals surface area (Å²) < 4.78 is 38.2. The van der Waals surface area contributed by atoms with E-state index in [-0.39, 0.29) is 12.2 Å². The van der Waals surface area contributed by atoms with Gasteiger partial charge in [0.15, 0.2) is 5.79 Å². The summed E-state index contributed by atoms with van der Waals surface area (Å²) in [5, 5.41) is 0. The van der Waals surface area contributed by atoms with Crippen LogP contribution in [0, 0.1) is 0 Å². The van der Waals surface area contributed by atoms with Crippen LogP contribution in [-0.2, 0) is 35.7 Å². The summed E-state index contributed by atoms with van der Waals surface area (Å²) in [6, 6.07) is 34.1. The number of unbranched alkanes of at least 4 members (excludes halogenated alkanes) is 11. The second kappa shape index (κ2) is 24.7. The van der Waals surface area contributed by atoms with Crippen molar-refractivity contribution in [1.29, 1.82) is 0 Å². The van der Waals surface area contributed by atoms with E-state index < -0.39 is 5.79 Å². The van der Waals surface area contributed by atoms with Crippen molar-refractivity contribution in [3.63, 3.8) is 0 Å². The first kappa shape index (κ1) is 48.9. The largest absolute Gasteiger partial charge is 0.497 e. The predicted molar refractivity (Wildman–Crippen MR) is 253 cm³/mol. The first-order valence-corrected chi connectivity index (χ1v) is 23.5. The lowest BCUT2D eigenvalue weighted by atomic mass is 10.0. The number of hydrogen-bond donors (Lipinski definition) is 0. The molecule has 340 valence electrons. The zero-order chi connectivity index (χ0) is 44.3.